The first kappa shape index (κ1) is 17.1. The number of nitrogens with zero attached hydrogens (tertiary/aromatic N) is 3. The van der Waals surface area contributed by atoms with Crippen LogP contribution in [0.5, 0.6) is 0 Å². The number of hydrogen-bond acceptors (Lipinski definition) is 5. The highest BCUT2D eigenvalue weighted by molar-refractivity contribution is 6.44. The van der Waals surface area contributed by atoms with Crippen LogP contribution in [0.25, 0.3) is 0 Å². The molecule has 126 valence electrons. The van der Waals surface area contributed by atoms with Crippen LogP contribution in [0.1, 0.15) is 16.2 Å². The molecule has 0 unspecified atom stereocenters. The van der Waals surface area contributed by atoms with Crippen LogP contribution < -0.4 is 10.6 Å². The molecule has 0 saturated heterocycles. The summed E-state index contributed by atoms with van der Waals surface area (Å²) in [6, 6.07) is 13.9. The molecule has 0 fully saturated rings. The first-order chi connectivity index (χ1) is 12.1. The van der Waals surface area contributed by atoms with Gasteiger partial charge in [0.05, 0.1) is 28.0 Å². The fourth-order valence-electron chi connectivity index (χ4n) is 2.02. The van der Waals surface area contributed by atoms with Crippen molar-refractivity contribution < 1.29 is 4.79 Å². The molecular formula is C17H13Cl2N5O. The molecule has 2 heterocycles. The van der Waals surface area contributed by atoms with Gasteiger partial charge in [-0.1, -0.05) is 35.3 Å². The van der Waals surface area contributed by atoms with Gasteiger partial charge in [0.1, 0.15) is 5.82 Å². The minimum Gasteiger partial charge on any atom is -0.363 e. The van der Waals surface area contributed by atoms with Crippen molar-refractivity contribution in [2.45, 2.75) is 6.54 Å². The maximum Gasteiger partial charge on any atom is 0.276 e. The Balaban J connectivity index is 1.63. The molecule has 0 radical (unpaired) electrons. The van der Waals surface area contributed by atoms with Gasteiger partial charge in [-0.25, -0.2) is 0 Å². The average molecular weight is 374 g/mol. The van der Waals surface area contributed by atoms with Crippen LogP contribution in [-0.4, -0.2) is 21.1 Å². The number of carbonyl (C=O) groups is 1. The average Bonchev–Trinajstić information content (AvgIpc) is 2.65. The predicted octanol–water partition coefficient (Wildman–Crippen LogP) is 4.04. The summed E-state index contributed by atoms with van der Waals surface area (Å²) in [6.45, 7) is 0.513. The number of aromatic nitrogens is 3. The summed E-state index contributed by atoms with van der Waals surface area (Å²) in [7, 11) is 0. The highest BCUT2D eigenvalue weighted by Crippen LogP contribution is 2.29. The molecule has 0 bridgehead atoms. The van der Waals surface area contributed by atoms with Gasteiger partial charge in [0, 0.05) is 6.20 Å². The Labute approximate surface area is 154 Å². The molecule has 6 nitrogen and oxygen atoms in total. The van der Waals surface area contributed by atoms with Gasteiger partial charge in [0.2, 0.25) is 0 Å². The standard InChI is InChI=1S/C17H13Cl2N5O/c18-12-5-3-6-13(16(12)19)22-17(25)14-7-8-15(24-23-14)21-10-11-4-1-2-9-20-11/h1-9H,10H2,(H,21,24)(H,22,25). The molecule has 3 rings (SSSR count). The van der Waals surface area contributed by atoms with Gasteiger partial charge in [0.25, 0.3) is 5.91 Å². The van der Waals surface area contributed by atoms with Crippen LogP contribution in [0.2, 0.25) is 10.0 Å². The van der Waals surface area contributed by atoms with Crippen molar-refractivity contribution in [2.75, 3.05) is 10.6 Å². The summed E-state index contributed by atoms with van der Waals surface area (Å²) >= 11 is 12.0. The molecule has 0 aliphatic carbocycles. The summed E-state index contributed by atoms with van der Waals surface area (Å²) < 4.78 is 0. The lowest BCUT2D eigenvalue weighted by atomic mass is 10.3. The first-order valence-corrected chi connectivity index (χ1v) is 8.12. The third kappa shape index (κ3) is 4.43. The fraction of sp³-hybridized carbons (Fsp3) is 0.0588. The zero-order valence-corrected chi connectivity index (χ0v) is 14.4. The number of anilines is 2. The molecule has 2 N–H and O–H groups in total. The monoisotopic (exact) mass is 373 g/mol. The van der Waals surface area contributed by atoms with E-state index in [2.05, 4.69) is 25.8 Å². The number of benzene rings is 1. The molecule has 0 saturated carbocycles. The van der Waals surface area contributed by atoms with E-state index >= 15 is 0 Å². The zero-order valence-electron chi connectivity index (χ0n) is 12.9. The third-order valence-electron chi connectivity index (χ3n) is 3.27. The van der Waals surface area contributed by atoms with E-state index in [1.54, 1.807) is 36.5 Å². The van der Waals surface area contributed by atoms with Crippen LogP contribution in [0.15, 0.2) is 54.7 Å². The summed E-state index contributed by atoms with van der Waals surface area (Å²) in [5, 5.41) is 14.3. The van der Waals surface area contributed by atoms with Crippen LogP contribution in [0.3, 0.4) is 0 Å². The Kier molecular flexibility index (Phi) is 5.42. The van der Waals surface area contributed by atoms with Crippen LogP contribution in [0.4, 0.5) is 11.5 Å². The largest absolute Gasteiger partial charge is 0.363 e. The molecule has 0 atom stereocenters. The van der Waals surface area contributed by atoms with E-state index in [0.717, 1.165) is 5.69 Å². The van der Waals surface area contributed by atoms with Crippen molar-refractivity contribution in [2.24, 2.45) is 0 Å². The molecular weight excluding hydrogens is 361 g/mol. The predicted molar refractivity (Wildman–Crippen MR) is 98.0 cm³/mol. The van der Waals surface area contributed by atoms with Gasteiger partial charge in [-0.05, 0) is 36.4 Å². The lowest BCUT2D eigenvalue weighted by molar-refractivity contribution is 0.102. The SMILES string of the molecule is O=C(Nc1cccc(Cl)c1Cl)c1ccc(NCc2ccccn2)nn1. The van der Waals surface area contributed by atoms with E-state index < -0.39 is 5.91 Å². The number of halogens is 2. The lowest BCUT2D eigenvalue weighted by Crippen LogP contribution is -2.15. The Hall–Kier alpha value is -2.70. The normalized spacial score (nSPS) is 10.3. The maximum absolute atomic E-state index is 12.2. The summed E-state index contributed by atoms with van der Waals surface area (Å²) in [5.74, 6) is 0.121. The number of nitrogens with one attached hydrogen (secondary N) is 2. The van der Waals surface area contributed by atoms with Crippen molar-refractivity contribution in [3.05, 3.63) is 76.2 Å². The Bertz CT molecular complexity index is 872. The lowest BCUT2D eigenvalue weighted by Gasteiger charge is -2.08. The van der Waals surface area contributed by atoms with Crippen molar-refractivity contribution >= 4 is 40.6 Å². The van der Waals surface area contributed by atoms with E-state index in [4.69, 9.17) is 23.2 Å². The second-order valence-corrected chi connectivity index (χ2v) is 5.82. The number of amides is 1. The van der Waals surface area contributed by atoms with E-state index in [1.807, 2.05) is 18.2 Å². The minimum absolute atomic E-state index is 0.166. The first-order valence-electron chi connectivity index (χ1n) is 7.36. The molecule has 0 spiro atoms. The van der Waals surface area contributed by atoms with E-state index in [0.29, 0.717) is 23.1 Å². The van der Waals surface area contributed by atoms with Crippen molar-refractivity contribution in [1.82, 2.24) is 15.2 Å². The van der Waals surface area contributed by atoms with Gasteiger partial charge in [-0.2, -0.15) is 0 Å². The number of carbonyl (C=O) groups excluding carboxylic acids is 1. The van der Waals surface area contributed by atoms with Gasteiger partial charge >= 0.3 is 0 Å². The molecule has 8 heteroatoms. The Morgan fingerprint density at radius 3 is 2.60 bits per heavy atom. The van der Waals surface area contributed by atoms with Gasteiger partial charge in [-0.15, -0.1) is 10.2 Å². The van der Waals surface area contributed by atoms with Crippen LogP contribution in [0, 0.1) is 0 Å². The zero-order chi connectivity index (χ0) is 17.6. The van der Waals surface area contributed by atoms with Crippen molar-refractivity contribution in [3.8, 4) is 0 Å². The third-order valence-corrected chi connectivity index (χ3v) is 4.09. The summed E-state index contributed by atoms with van der Waals surface area (Å²) in [4.78, 5) is 16.4. The smallest absolute Gasteiger partial charge is 0.276 e. The topological polar surface area (TPSA) is 79.8 Å². The number of hydrogen-bond donors (Lipinski definition) is 2. The molecule has 0 aliphatic heterocycles. The number of pyridine rings is 1. The minimum atomic E-state index is -0.423. The van der Waals surface area contributed by atoms with E-state index in [-0.39, 0.29) is 10.7 Å². The molecule has 0 aliphatic rings. The fourth-order valence-corrected chi connectivity index (χ4v) is 2.37. The van der Waals surface area contributed by atoms with Crippen LogP contribution >= 0.6 is 23.2 Å². The Morgan fingerprint density at radius 1 is 1.00 bits per heavy atom. The van der Waals surface area contributed by atoms with E-state index in [9.17, 15) is 4.79 Å². The summed E-state index contributed by atoms with van der Waals surface area (Å²) in [5.41, 5.74) is 1.46. The van der Waals surface area contributed by atoms with Crippen LogP contribution in [-0.2, 0) is 6.54 Å². The molecule has 1 amide bonds. The summed E-state index contributed by atoms with van der Waals surface area (Å²) in [6.07, 6.45) is 1.72. The maximum atomic E-state index is 12.2. The van der Waals surface area contributed by atoms with Gasteiger partial charge in [-0.3, -0.25) is 9.78 Å². The number of rotatable bonds is 5. The molecule has 3 aromatic rings. The highest BCUT2D eigenvalue weighted by Gasteiger charge is 2.12. The van der Waals surface area contributed by atoms with Crippen molar-refractivity contribution in [1.29, 1.82) is 0 Å². The molecule has 25 heavy (non-hydrogen) atoms. The molecule has 1 aromatic carbocycles. The van der Waals surface area contributed by atoms with E-state index in [1.165, 1.54) is 0 Å². The van der Waals surface area contributed by atoms with Crippen molar-refractivity contribution in [3.63, 3.8) is 0 Å². The second kappa shape index (κ2) is 7.92. The van der Waals surface area contributed by atoms with Gasteiger partial charge in [0.15, 0.2) is 5.69 Å². The Morgan fingerprint density at radius 2 is 1.88 bits per heavy atom. The second-order valence-electron chi connectivity index (χ2n) is 5.03. The highest BCUT2D eigenvalue weighted by atomic mass is 35.5. The molecule has 2 aromatic heterocycles. The quantitative estimate of drug-likeness (QED) is 0.705. The van der Waals surface area contributed by atoms with Gasteiger partial charge < -0.3 is 10.6 Å².